The van der Waals surface area contributed by atoms with Crippen molar-refractivity contribution in [2.75, 3.05) is 13.7 Å². The highest BCUT2D eigenvalue weighted by molar-refractivity contribution is 7.89. The third kappa shape index (κ3) is 2.87. The first-order valence-electron chi connectivity index (χ1n) is 6.41. The fraction of sp³-hybridized carbons (Fsp3) is 0.462. The number of aromatic hydroxyl groups is 1. The first kappa shape index (κ1) is 15.7. The van der Waals surface area contributed by atoms with Crippen LogP contribution in [0.5, 0.6) is 5.75 Å². The van der Waals surface area contributed by atoms with Crippen molar-refractivity contribution in [3.8, 4) is 5.75 Å². The Hall–Kier alpha value is -1.64. The predicted molar refractivity (Wildman–Crippen MR) is 73.8 cm³/mol. The number of hydrogen-bond donors (Lipinski definition) is 2. The normalized spacial score (nSPS) is 22.6. The number of phenols is 1. The number of carboxylic acid groups (broad SMARTS) is 1. The number of rotatable bonds is 4. The lowest BCUT2D eigenvalue weighted by Gasteiger charge is -2.26. The Morgan fingerprint density at radius 3 is 2.62 bits per heavy atom. The molecule has 1 heterocycles. The smallest absolute Gasteiger partial charge is 0.339 e. The summed E-state index contributed by atoms with van der Waals surface area (Å²) >= 11 is 0. The molecule has 1 aromatic rings. The molecule has 2 N–H and O–H groups in total. The quantitative estimate of drug-likeness (QED) is 0.855. The van der Waals surface area contributed by atoms with E-state index in [1.807, 2.05) is 0 Å². The van der Waals surface area contributed by atoms with Gasteiger partial charge in [0, 0.05) is 13.7 Å². The molecule has 8 heteroatoms. The molecule has 7 nitrogen and oxygen atoms in total. The molecule has 2 unspecified atom stereocenters. The van der Waals surface area contributed by atoms with Gasteiger partial charge in [-0.3, -0.25) is 0 Å². The zero-order chi connectivity index (χ0) is 15.8. The molecular weight excluding hydrogens is 298 g/mol. The Balaban J connectivity index is 2.39. The Bertz CT molecular complexity index is 657. The number of likely N-dealkylation sites (N-methyl/N-ethyl adjacent to an activating group) is 1. The molecule has 1 aromatic carbocycles. The van der Waals surface area contributed by atoms with E-state index in [9.17, 15) is 18.3 Å². The number of hydrogen-bond acceptors (Lipinski definition) is 5. The van der Waals surface area contributed by atoms with E-state index in [2.05, 4.69) is 0 Å². The largest absolute Gasteiger partial charge is 0.507 e. The first-order valence-corrected chi connectivity index (χ1v) is 7.85. The van der Waals surface area contributed by atoms with Gasteiger partial charge in [0.1, 0.15) is 11.3 Å². The third-order valence-electron chi connectivity index (χ3n) is 3.68. The molecule has 1 fully saturated rings. The van der Waals surface area contributed by atoms with Crippen LogP contribution in [0, 0.1) is 0 Å². The van der Waals surface area contributed by atoms with Crippen molar-refractivity contribution in [1.82, 2.24) is 4.31 Å². The van der Waals surface area contributed by atoms with Gasteiger partial charge in [-0.1, -0.05) is 0 Å². The molecule has 1 aliphatic rings. The van der Waals surface area contributed by atoms with E-state index in [0.717, 1.165) is 12.1 Å². The molecule has 0 bridgehead atoms. The number of sulfonamides is 1. The lowest BCUT2D eigenvalue weighted by atomic mass is 10.2. The van der Waals surface area contributed by atoms with E-state index >= 15 is 0 Å². The number of ether oxygens (including phenoxy) is 1. The Kier molecular flexibility index (Phi) is 4.22. The van der Waals surface area contributed by atoms with Gasteiger partial charge in [-0.2, -0.15) is 4.31 Å². The van der Waals surface area contributed by atoms with Crippen LogP contribution in [0.25, 0.3) is 0 Å². The molecule has 116 valence electrons. The summed E-state index contributed by atoms with van der Waals surface area (Å²) < 4.78 is 31.6. The van der Waals surface area contributed by atoms with Crippen LogP contribution < -0.4 is 0 Å². The lowest BCUT2D eigenvalue weighted by Crippen LogP contribution is -2.40. The molecule has 0 saturated carbocycles. The van der Waals surface area contributed by atoms with Crippen molar-refractivity contribution in [3.05, 3.63) is 23.8 Å². The maximum atomic E-state index is 12.5. The topological polar surface area (TPSA) is 104 Å². The number of carboxylic acids is 1. The fourth-order valence-electron chi connectivity index (χ4n) is 2.39. The van der Waals surface area contributed by atoms with Crippen LogP contribution in [0.1, 0.15) is 23.7 Å². The third-order valence-corrected chi connectivity index (χ3v) is 5.56. The molecule has 1 saturated heterocycles. The van der Waals surface area contributed by atoms with Gasteiger partial charge in [0.15, 0.2) is 0 Å². The average molecular weight is 315 g/mol. The van der Waals surface area contributed by atoms with Crippen LogP contribution in [0.15, 0.2) is 23.1 Å². The Morgan fingerprint density at radius 1 is 1.43 bits per heavy atom. The number of nitrogens with zero attached hydrogens (tertiary/aromatic N) is 1. The van der Waals surface area contributed by atoms with Crippen LogP contribution in [0.4, 0.5) is 0 Å². The second-order valence-electron chi connectivity index (χ2n) is 4.94. The highest BCUT2D eigenvalue weighted by Gasteiger charge is 2.35. The van der Waals surface area contributed by atoms with Crippen molar-refractivity contribution in [2.45, 2.75) is 30.4 Å². The molecule has 0 amide bonds. The van der Waals surface area contributed by atoms with Gasteiger partial charge in [0.2, 0.25) is 10.0 Å². The van der Waals surface area contributed by atoms with Gasteiger partial charge in [0.25, 0.3) is 0 Å². The number of benzene rings is 1. The van der Waals surface area contributed by atoms with Crippen LogP contribution >= 0.6 is 0 Å². The molecule has 2 rings (SSSR count). The Morgan fingerprint density at radius 2 is 2.10 bits per heavy atom. The highest BCUT2D eigenvalue weighted by Crippen LogP contribution is 2.27. The predicted octanol–water partition coefficient (Wildman–Crippen LogP) is 0.888. The van der Waals surface area contributed by atoms with E-state index in [0.29, 0.717) is 13.0 Å². The van der Waals surface area contributed by atoms with Gasteiger partial charge < -0.3 is 14.9 Å². The molecule has 0 radical (unpaired) electrons. The minimum atomic E-state index is -3.85. The number of carbonyl (C=O) groups is 1. The maximum absolute atomic E-state index is 12.5. The number of aromatic carboxylic acids is 1. The summed E-state index contributed by atoms with van der Waals surface area (Å²) in [4.78, 5) is 10.8. The summed E-state index contributed by atoms with van der Waals surface area (Å²) in [6.45, 7) is 2.28. The summed E-state index contributed by atoms with van der Waals surface area (Å²) in [5, 5.41) is 18.4. The molecular formula is C13H17NO6S. The van der Waals surface area contributed by atoms with Crippen LogP contribution in [0.2, 0.25) is 0 Å². The molecule has 21 heavy (non-hydrogen) atoms. The van der Waals surface area contributed by atoms with E-state index in [1.165, 1.54) is 17.4 Å². The Labute approximate surface area is 122 Å². The summed E-state index contributed by atoms with van der Waals surface area (Å²) in [6.07, 6.45) is 0.363. The second-order valence-corrected chi connectivity index (χ2v) is 6.93. The minimum absolute atomic E-state index is 0.167. The van der Waals surface area contributed by atoms with Crippen molar-refractivity contribution < 1.29 is 28.2 Å². The SMILES string of the molecule is CC1OCCC1N(C)S(=O)(=O)c1ccc(O)c(C(=O)O)c1. The van der Waals surface area contributed by atoms with Gasteiger partial charge in [-0.15, -0.1) is 0 Å². The zero-order valence-electron chi connectivity index (χ0n) is 11.7. The van der Waals surface area contributed by atoms with Gasteiger partial charge >= 0.3 is 5.97 Å². The molecule has 0 aliphatic carbocycles. The summed E-state index contributed by atoms with van der Waals surface area (Å²) in [5.41, 5.74) is -0.444. The summed E-state index contributed by atoms with van der Waals surface area (Å²) in [7, 11) is -2.41. The van der Waals surface area contributed by atoms with Crippen LogP contribution in [-0.2, 0) is 14.8 Å². The fourth-order valence-corrected chi connectivity index (χ4v) is 3.86. The summed E-state index contributed by atoms with van der Waals surface area (Å²) in [5.74, 6) is -1.86. The average Bonchev–Trinajstić information content (AvgIpc) is 2.83. The first-order chi connectivity index (χ1) is 9.75. The molecule has 0 aromatic heterocycles. The van der Waals surface area contributed by atoms with Gasteiger partial charge in [-0.25, -0.2) is 13.2 Å². The van der Waals surface area contributed by atoms with E-state index in [1.54, 1.807) is 6.92 Å². The van der Waals surface area contributed by atoms with Crippen LogP contribution in [0.3, 0.4) is 0 Å². The van der Waals surface area contributed by atoms with Crippen LogP contribution in [-0.4, -0.2) is 54.7 Å². The van der Waals surface area contributed by atoms with Crippen molar-refractivity contribution in [3.63, 3.8) is 0 Å². The maximum Gasteiger partial charge on any atom is 0.339 e. The van der Waals surface area contributed by atoms with Crippen molar-refractivity contribution in [1.29, 1.82) is 0 Å². The summed E-state index contributed by atoms with van der Waals surface area (Å²) in [6, 6.07) is 2.92. The molecule has 0 spiro atoms. The molecule has 2 atom stereocenters. The second kappa shape index (κ2) is 5.63. The zero-order valence-corrected chi connectivity index (χ0v) is 12.5. The lowest BCUT2D eigenvalue weighted by molar-refractivity contribution is 0.0693. The minimum Gasteiger partial charge on any atom is -0.507 e. The highest BCUT2D eigenvalue weighted by atomic mass is 32.2. The van der Waals surface area contributed by atoms with Gasteiger partial charge in [0.05, 0.1) is 17.0 Å². The monoisotopic (exact) mass is 315 g/mol. The van der Waals surface area contributed by atoms with Crippen molar-refractivity contribution >= 4 is 16.0 Å². The van der Waals surface area contributed by atoms with E-state index < -0.39 is 27.3 Å². The van der Waals surface area contributed by atoms with Crippen molar-refractivity contribution in [2.24, 2.45) is 0 Å². The standard InChI is InChI=1S/C13H17NO6S/c1-8-11(5-6-20-8)14(2)21(18,19)9-3-4-12(15)10(7-9)13(16)17/h3-4,7-8,11,15H,5-6H2,1-2H3,(H,16,17). The van der Waals surface area contributed by atoms with Gasteiger partial charge in [-0.05, 0) is 31.5 Å². The molecule has 1 aliphatic heterocycles. The van der Waals surface area contributed by atoms with E-state index in [-0.39, 0.29) is 17.0 Å². The van der Waals surface area contributed by atoms with E-state index in [4.69, 9.17) is 9.84 Å².